The van der Waals surface area contributed by atoms with Gasteiger partial charge in [0.15, 0.2) is 11.3 Å². The maximum Gasteiger partial charge on any atom is 0.211 e. The van der Waals surface area contributed by atoms with Gasteiger partial charge in [-0.1, -0.05) is 18.2 Å². The van der Waals surface area contributed by atoms with Crippen LogP contribution in [0.2, 0.25) is 0 Å². The minimum Gasteiger partial charge on any atom is -0.502 e. The summed E-state index contributed by atoms with van der Waals surface area (Å²) in [5.41, 5.74) is 0.979. The van der Waals surface area contributed by atoms with Crippen molar-refractivity contribution in [1.29, 1.82) is 0 Å². The molecule has 0 radical (unpaired) electrons. The van der Waals surface area contributed by atoms with E-state index in [0.717, 1.165) is 5.39 Å². The number of para-hydroxylation sites is 1. The van der Waals surface area contributed by atoms with Gasteiger partial charge >= 0.3 is 0 Å². The summed E-state index contributed by atoms with van der Waals surface area (Å²) in [6, 6.07) is 7.48. The van der Waals surface area contributed by atoms with Gasteiger partial charge in [-0.3, -0.25) is 0 Å². The minimum absolute atomic E-state index is 0.101. The molecule has 5 nitrogen and oxygen atoms in total. The third-order valence-corrected chi connectivity index (χ3v) is 3.28. The van der Waals surface area contributed by atoms with E-state index in [2.05, 4.69) is 0 Å². The maximum absolute atomic E-state index is 10.3. The van der Waals surface area contributed by atoms with E-state index in [0.29, 0.717) is 28.1 Å². The van der Waals surface area contributed by atoms with Crippen LogP contribution in [-0.2, 0) is 0 Å². The molecule has 0 unspecified atom stereocenters. The van der Waals surface area contributed by atoms with E-state index >= 15 is 0 Å². The van der Waals surface area contributed by atoms with Crippen molar-refractivity contribution in [1.82, 2.24) is 0 Å². The van der Waals surface area contributed by atoms with Crippen LogP contribution in [0.1, 0.15) is 0 Å². The highest BCUT2D eigenvalue weighted by molar-refractivity contribution is 6.12. The average molecular weight is 274 g/mol. The number of furan rings is 1. The van der Waals surface area contributed by atoms with Crippen molar-refractivity contribution in [3.8, 4) is 23.0 Å². The molecule has 5 heteroatoms. The van der Waals surface area contributed by atoms with Crippen molar-refractivity contribution in [2.75, 3.05) is 21.3 Å². The lowest BCUT2D eigenvalue weighted by Crippen LogP contribution is -1.95. The van der Waals surface area contributed by atoms with Gasteiger partial charge < -0.3 is 23.7 Å². The van der Waals surface area contributed by atoms with Crippen molar-refractivity contribution >= 4 is 21.9 Å². The second-order valence-electron chi connectivity index (χ2n) is 4.25. The molecule has 0 spiro atoms. The average Bonchev–Trinajstić information content (AvgIpc) is 2.87. The number of methoxy groups -OCH3 is 3. The van der Waals surface area contributed by atoms with Crippen molar-refractivity contribution in [2.24, 2.45) is 0 Å². The Balaban J connectivity index is 2.58. The number of hydrogen-bond donors (Lipinski definition) is 1. The monoisotopic (exact) mass is 274 g/mol. The molecule has 2 aromatic carbocycles. The third kappa shape index (κ3) is 1.49. The van der Waals surface area contributed by atoms with Gasteiger partial charge in [0.2, 0.25) is 17.2 Å². The summed E-state index contributed by atoms with van der Waals surface area (Å²) in [5, 5.41) is 11.8. The Morgan fingerprint density at radius 1 is 0.900 bits per heavy atom. The number of rotatable bonds is 3. The molecule has 1 N–H and O–H groups in total. The minimum atomic E-state index is -0.101. The Labute approximate surface area is 115 Å². The molecule has 0 fully saturated rings. The maximum atomic E-state index is 10.3. The lowest BCUT2D eigenvalue weighted by Gasteiger charge is -2.14. The van der Waals surface area contributed by atoms with Gasteiger partial charge in [0.25, 0.3) is 0 Å². The number of benzene rings is 2. The van der Waals surface area contributed by atoms with E-state index in [1.165, 1.54) is 21.3 Å². The molecule has 0 aliphatic rings. The molecule has 104 valence electrons. The normalized spacial score (nSPS) is 10.9. The summed E-state index contributed by atoms with van der Waals surface area (Å²) in [6.45, 7) is 0. The first-order valence-electron chi connectivity index (χ1n) is 6.05. The number of phenols is 1. The van der Waals surface area contributed by atoms with Crippen LogP contribution in [-0.4, -0.2) is 26.4 Å². The van der Waals surface area contributed by atoms with Gasteiger partial charge in [-0.25, -0.2) is 0 Å². The van der Waals surface area contributed by atoms with E-state index in [4.69, 9.17) is 18.6 Å². The fourth-order valence-corrected chi connectivity index (χ4v) is 2.43. The van der Waals surface area contributed by atoms with Crippen molar-refractivity contribution in [3.63, 3.8) is 0 Å². The molecule has 1 aromatic heterocycles. The van der Waals surface area contributed by atoms with Gasteiger partial charge in [-0.05, 0) is 6.07 Å². The van der Waals surface area contributed by atoms with Gasteiger partial charge in [0.1, 0.15) is 5.58 Å². The van der Waals surface area contributed by atoms with Crippen LogP contribution in [0.3, 0.4) is 0 Å². The highest BCUT2D eigenvalue weighted by Gasteiger charge is 2.26. The lowest BCUT2D eigenvalue weighted by atomic mass is 10.1. The van der Waals surface area contributed by atoms with Crippen LogP contribution in [0.15, 0.2) is 28.7 Å². The van der Waals surface area contributed by atoms with E-state index in [1.54, 1.807) is 0 Å². The summed E-state index contributed by atoms with van der Waals surface area (Å²) < 4.78 is 21.7. The smallest absolute Gasteiger partial charge is 0.211 e. The van der Waals surface area contributed by atoms with Crippen molar-refractivity contribution in [2.45, 2.75) is 0 Å². The highest BCUT2D eigenvalue weighted by atomic mass is 16.5. The summed E-state index contributed by atoms with van der Waals surface area (Å²) in [7, 11) is 4.48. The van der Waals surface area contributed by atoms with E-state index < -0.39 is 0 Å². The van der Waals surface area contributed by atoms with Gasteiger partial charge in [0, 0.05) is 5.39 Å². The Hall–Kier alpha value is -2.56. The highest BCUT2D eigenvalue weighted by Crippen LogP contribution is 2.53. The first kappa shape index (κ1) is 12.5. The van der Waals surface area contributed by atoms with Crippen LogP contribution in [0.4, 0.5) is 0 Å². The zero-order valence-electron chi connectivity index (χ0n) is 11.4. The predicted octanol–water partition coefficient (Wildman–Crippen LogP) is 3.32. The molecule has 0 saturated carbocycles. The number of phenolic OH excluding ortho intramolecular Hbond substituents is 1. The zero-order chi connectivity index (χ0) is 14.3. The van der Waals surface area contributed by atoms with Crippen LogP contribution < -0.4 is 14.2 Å². The Bertz CT molecular complexity index is 788. The fraction of sp³-hybridized carbons (Fsp3) is 0.200. The second-order valence-corrected chi connectivity index (χ2v) is 4.25. The summed E-state index contributed by atoms with van der Waals surface area (Å²) in [5.74, 6) is 0.904. The van der Waals surface area contributed by atoms with E-state index in [-0.39, 0.29) is 11.5 Å². The molecule has 0 bridgehead atoms. The predicted molar refractivity (Wildman–Crippen MR) is 75.0 cm³/mol. The van der Waals surface area contributed by atoms with Crippen LogP contribution in [0, 0.1) is 0 Å². The Morgan fingerprint density at radius 2 is 1.55 bits per heavy atom. The number of ether oxygens (including phenoxy) is 3. The molecule has 0 aliphatic carbocycles. The Morgan fingerprint density at radius 3 is 2.20 bits per heavy atom. The standard InChI is InChI=1S/C15H14O5/c1-17-13-10-8-6-4-5-7-9(8)20-12(10)11(16)14(18-2)15(13)19-3/h4-7,16H,1-3H3. The molecule has 0 amide bonds. The number of fused-ring (bicyclic) bond motifs is 3. The van der Waals surface area contributed by atoms with Crippen LogP contribution >= 0.6 is 0 Å². The summed E-state index contributed by atoms with van der Waals surface area (Å²) in [4.78, 5) is 0. The molecule has 3 rings (SSSR count). The summed E-state index contributed by atoms with van der Waals surface area (Å²) >= 11 is 0. The molecule has 20 heavy (non-hydrogen) atoms. The van der Waals surface area contributed by atoms with Gasteiger partial charge in [-0.15, -0.1) is 0 Å². The van der Waals surface area contributed by atoms with Crippen molar-refractivity contribution < 1.29 is 23.7 Å². The number of aromatic hydroxyl groups is 1. The molecule has 3 aromatic rings. The summed E-state index contributed by atoms with van der Waals surface area (Å²) in [6.07, 6.45) is 0. The molecular weight excluding hydrogens is 260 g/mol. The first-order valence-corrected chi connectivity index (χ1v) is 6.05. The van der Waals surface area contributed by atoms with Crippen LogP contribution in [0.5, 0.6) is 23.0 Å². The quantitative estimate of drug-likeness (QED) is 0.793. The Kier molecular flexibility index (Phi) is 2.82. The fourth-order valence-electron chi connectivity index (χ4n) is 2.43. The molecular formula is C15H14O5. The second kappa shape index (κ2) is 4.52. The van der Waals surface area contributed by atoms with Gasteiger partial charge in [-0.2, -0.15) is 0 Å². The molecule has 0 aliphatic heterocycles. The van der Waals surface area contributed by atoms with Gasteiger partial charge in [0.05, 0.1) is 26.7 Å². The number of hydrogen-bond acceptors (Lipinski definition) is 5. The molecule has 1 heterocycles. The third-order valence-electron chi connectivity index (χ3n) is 3.28. The SMILES string of the molecule is COc1c(OC)c(OC)c2c(oc3ccccc32)c1O. The largest absolute Gasteiger partial charge is 0.502 e. The van der Waals surface area contributed by atoms with E-state index in [1.807, 2.05) is 24.3 Å². The first-order chi connectivity index (χ1) is 9.72. The van der Waals surface area contributed by atoms with Crippen LogP contribution in [0.25, 0.3) is 21.9 Å². The van der Waals surface area contributed by atoms with Crippen molar-refractivity contribution in [3.05, 3.63) is 24.3 Å². The molecule has 0 atom stereocenters. The lowest BCUT2D eigenvalue weighted by molar-refractivity contribution is 0.313. The topological polar surface area (TPSA) is 61.1 Å². The molecule has 0 saturated heterocycles. The van der Waals surface area contributed by atoms with E-state index in [9.17, 15) is 5.11 Å². The zero-order valence-corrected chi connectivity index (χ0v) is 11.4.